The molecule has 0 aliphatic heterocycles. The van der Waals surface area contributed by atoms with E-state index in [1.54, 1.807) is 79.1 Å². The molecule has 2 saturated carbocycles. The van der Waals surface area contributed by atoms with Crippen LogP contribution in [0.2, 0.25) is 15.1 Å². The van der Waals surface area contributed by atoms with Gasteiger partial charge in [-0.15, -0.1) is 24.0 Å². The lowest BCUT2D eigenvalue weighted by Gasteiger charge is -2.12. The average molecular weight is 1030 g/mol. The van der Waals surface area contributed by atoms with Crippen LogP contribution in [0.1, 0.15) is 88.9 Å². The number of amides is 2. The van der Waals surface area contributed by atoms with Gasteiger partial charge in [0.2, 0.25) is 11.8 Å². The SMILES string of the molecule is C.I.NC(=O)c1cc2c(Cl)ccnc2cc1CO.NC(=O)c1cc2c(Oc3ccc(CC(=O)CC4CC4)c(Cl)c3)ccnc2cc1CO.O=C(Cc1ccc(O)cc1Cl)CC1CC1. The van der Waals surface area contributed by atoms with Crippen LogP contribution in [-0.4, -0.2) is 48.7 Å². The molecule has 7 N–H and O–H groups in total. The molecule has 0 bridgehead atoms. The molecule has 332 valence electrons. The number of fused-ring (bicyclic) bond motifs is 2. The molecule has 12 nitrogen and oxygen atoms in total. The summed E-state index contributed by atoms with van der Waals surface area (Å²) in [5.74, 6) is 1.49. The Morgan fingerprint density at radius 2 is 1.10 bits per heavy atom. The van der Waals surface area contributed by atoms with E-state index in [0.29, 0.717) is 97.0 Å². The molecule has 4 aromatic carbocycles. The number of aliphatic hydroxyl groups is 2. The molecule has 0 radical (unpaired) electrons. The van der Waals surface area contributed by atoms with Gasteiger partial charge in [0.25, 0.3) is 0 Å². The summed E-state index contributed by atoms with van der Waals surface area (Å²) >= 11 is 18.3. The predicted octanol–water partition coefficient (Wildman–Crippen LogP) is 9.87. The molecule has 63 heavy (non-hydrogen) atoms. The molecule has 0 unspecified atom stereocenters. The fraction of sp³-hybridized carbons (Fsp3) is 0.277. The lowest BCUT2D eigenvalue weighted by Crippen LogP contribution is -2.14. The number of carbonyl (C=O) groups is 4. The Kier molecular flexibility index (Phi) is 18.6. The predicted molar refractivity (Wildman–Crippen MR) is 256 cm³/mol. The Bertz CT molecular complexity index is 2640. The van der Waals surface area contributed by atoms with E-state index < -0.39 is 11.8 Å². The monoisotopic (exact) mass is 1030 g/mol. The summed E-state index contributed by atoms with van der Waals surface area (Å²) in [6.07, 6.45) is 9.81. The van der Waals surface area contributed by atoms with Gasteiger partial charge in [-0.3, -0.25) is 29.1 Å². The van der Waals surface area contributed by atoms with E-state index in [0.717, 1.165) is 24.0 Å². The Labute approximate surface area is 396 Å². The number of nitrogens with two attached hydrogens (primary N) is 2. The van der Waals surface area contributed by atoms with E-state index in [-0.39, 0.29) is 73.1 Å². The number of Topliss-reactive ketones (excluding diaryl/α,β-unsaturated/α-hetero) is 2. The van der Waals surface area contributed by atoms with Gasteiger partial charge in [0.15, 0.2) is 0 Å². The lowest BCUT2D eigenvalue weighted by atomic mass is 10.0. The van der Waals surface area contributed by atoms with Gasteiger partial charge in [-0.2, -0.15) is 0 Å². The first-order valence-corrected chi connectivity index (χ1v) is 20.6. The second-order valence-electron chi connectivity index (χ2n) is 15.1. The largest absolute Gasteiger partial charge is 0.508 e. The molecule has 0 spiro atoms. The number of hydrogen-bond acceptors (Lipinski definition) is 10. The number of aromatic nitrogens is 2. The molecular weight excluding hydrogens is 982 g/mol. The number of carbonyl (C=O) groups excluding carboxylic acids is 4. The number of benzene rings is 4. The highest BCUT2D eigenvalue weighted by Gasteiger charge is 2.25. The van der Waals surface area contributed by atoms with Gasteiger partial charge in [0.1, 0.15) is 28.8 Å². The summed E-state index contributed by atoms with van der Waals surface area (Å²) in [7, 11) is 0. The zero-order valence-electron chi connectivity index (χ0n) is 33.3. The highest BCUT2D eigenvalue weighted by Crippen LogP contribution is 2.36. The zero-order valence-corrected chi connectivity index (χ0v) is 37.9. The third-order valence-electron chi connectivity index (χ3n) is 10.2. The van der Waals surface area contributed by atoms with E-state index in [1.807, 2.05) is 0 Å². The third-order valence-corrected chi connectivity index (χ3v) is 11.2. The number of pyridine rings is 2. The van der Waals surface area contributed by atoms with Crippen molar-refractivity contribution in [3.63, 3.8) is 0 Å². The smallest absolute Gasteiger partial charge is 0.249 e. The molecule has 2 amide bonds. The van der Waals surface area contributed by atoms with E-state index in [4.69, 9.17) is 61.2 Å². The fourth-order valence-corrected chi connectivity index (χ4v) is 7.31. The van der Waals surface area contributed by atoms with Gasteiger partial charge in [-0.05, 0) is 120 Å². The number of ketones is 2. The fourth-order valence-electron chi connectivity index (χ4n) is 6.62. The van der Waals surface area contributed by atoms with Crippen molar-refractivity contribution in [2.75, 3.05) is 0 Å². The average Bonchev–Trinajstić information content (AvgIpc) is 4.18. The number of hydrogen-bond donors (Lipinski definition) is 5. The normalized spacial score (nSPS) is 12.7. The summed E-state index contributed by atoms with van der Waals surface area (Å²) in [4.78, 5) is 55.0. The number of nitrogens with zero attached hydrogens (tertiary/aromatic N) is 2. The molecule has 2 heterocycles. The maximum atomic E-state index is 12.1. The summed E-state index contributed by atoms with van der Waals surface area (Å²) < 4.78 is 5.99. The molecule has 6 aromatic rings. The molecule has 8 rings (SSSR count). The second kappa shape index (κ2) is 23.2. The summed E-state index contributed by atoms with van der Waals surface area (Å²) in [5, 5.41) is 30.5. The topological polar surface area (TPSA) is 216 Å². The zero-order chi connectivity index (χ0) is 43.8. The van der Waals surface area contributed by atoms with Gasteiger partial charge in [0.05, 0.1) is 29.3 Å². The molecule has 0 saturated heterocycles. The van der Waals surface area contributed by atoms with Crippen molar-refractivity contribution in [2.24, 2.45) is 23.3 Å². The Hall–Kier alpha value is -4.90. The summed E-state index contributed by atoms with van der Waals surface area (Å²) in [6.45, 7) is -0.583. The number of phenolic OH excluding ortho intramolecular Hbond substituents is 1. The van der Waals surface area contributed by atoms with Crippen LogP contribution >= 0.6 is 58.8 Å². The van der Waals surface area contributed by atoms with E-state index in [1.165, 1.54) is 18.9 Å². The number of rotatable bonds is 14. The number of ether oxygens (including phenoxy) is 1. The minimum absolute atomic E-state index is 0. The highest BCUT2D eigenvalue weighted by atomic mass is 127. The van der Waals surface area contributed by atoms with Gasteiger partial charge >= 0.3 is 0 Å². The van der Waals surface area contributed by atoms with Crippen molar-refractivity contribution >= 4 is 104 Å². The Morgan fingerprint density at radius 1 is 0.619 bits per heavy atom. The number of primary amides is 2. The van der Waals surface area contributed by atoms with Crippen molar-refractivity contribution in [1.82, 2.24) is 9.97 Å². The molecule has 2 aromatic heterocycles. The van der Waals surface area contributed by atoms with Gasteiger partial charge in [-0.25, -0.2) is 0 Å². The van der Waals surface area contributed by atoms with Crippen molar-refractivity contribution in [1.29, 1.82) is 0 Å². The molecular formula is C47H48Cl3IN4O8. The van der Waals surface area contributed by atoms with Crippen molar-refractivity contribution in [3.05, 3.63) is 134 Å². The number of phenols is 1. The first-order chi connectivity index (χ1) is 29.2. The number of halogens is 4. The van der Waals surface area contributed by atoms with Gasteiger partial charge in [-0.1, -0.05) is 54.4 Å². The van der Waals surface area contributed by atoms with Crippen LogP contribution in [0.15, 0.2) is 85.2 Å². The van der Waals surface area contributed by atoms with Crippen molar-refractivity contribution in [3.8, 4) is 17.2 Å². The molecule has 16 heteroatoms. The number of aliphatic hydroxyl groups excluding tert-OH is 2. The maximum absolute atomic E-state index is 12.1. The molecule has 2 fully saturated rings. The van der Waals surface area contributed by atoms with Crippen LogP contribution in [0.5, 0.6) is 17.2 Å². The van der Waals surface area contributed by atoms with Crippen LogP contribution in [0, 0.1) is 11.8 Å². The van der Waals surface area contributed by atoms with Crippen LogP contribution in [-0.2, 0) is 35.6 Å². The quantitative estimate of drug-likeness (QED) is 0.0651. The van der Waals surface area contributed by atoms with E-state index >= 15 is 0 Å². The maximum Gasteiger partial charge on any atom is 0.249 e. The van der Waals surface area contributed by atoms with Crippen LogP contribution in [0.3, 0.4) is 0 Å². The molecule has 2 aliphatic carbocycles. The first kappa shape index (κ1) is 50.7. The molecule has 0 atom stereocenters. The second-order valence-corrected chi connectivity index (χ2v) is 16.3. The van der Waals surface area contributed by atoms with Crippen LogP contribution in [0.25, 0.3) is 21.8 Å². The van der Waals surface area contributed by atoms with Crippen LogP contribution < -0.4 is 16.2 Å². The Balaban J connectivity index is 0.000000224. The summed E-state index contributed by atoms with van der Waals surface area (Å²) in [6, 6.07) is 19.6. The highest BCUT2D eigenvalue weighted by molar-refractivity contribution is 14.0. The van der Waals surface area contributed by atoms with Crippen molar-refractivity contribution < 1.29 is 39.2 Å². The Morgan fingerprint density at radius 3 is 1.57 bits per heavy atom. The summed E-state index contributed by atoms with van der Waals surface area (Å²) in [5.41, 5.74) is 14.8. The van der Waals surface area contributed by atoms with Crippen LogP contribution in [0.4, 0.5) is 0 Å². The lowest BCUT2D eigenvalue weighted by molar-refractivity contribution is -0.119. The van der Waals surface area contributed by atoms with Gasteiger partial charge < -0.3 is 31.5 Å². The third kappa shape index (κ3) is 14.0. The van der Waals surface area contributed by atoms with Gasteiger partial charge in [0, 0.05) is 70.0 Å². The minimum atomic E-state index is -0.640. The van der Waals surface area contributed by atoms with E-state index in [9.17, 15) is 24.3 Å². The standard InChI is InChI=1S/C23H21ClN2O4.C12H13ClO2.C11H9ClN2O2.CH4.HI/c24-20-10-17(4-3-14(20)8-16(28)7-13-1-2-13)30-22-5-6-26-21-9-15(12-27)18(23(25)29)11-19(21)22;13-12-7-10(14)4-3-9(12)6-11(15)5-8-1-2-8;12-9-1-2-14-10-3-6(5-15)7(11(13)16)4-8(9)10;;/h3-6,9-11,13,27H,1-2,7-8,12H2,(H2,25,29);3-4,7-8,14H,1-2,5-6H2;1-4,15H,5H2,(H2,13,16);1H4;1H. The van der Waals surface area contributed by atoms with E-state index in [2.05, 4.69) is 9.97 Å². The van der Waals surface area contributed by atoms with Crippen molar-refractivity contribution in [2.45, 2.75) is 72.0 Å². The molecule has 2 aliphatic rings. The first-order valence-electron chi connectivity index (χ1n) is 19.5. The number of aromatic hydroxyl groups is 1. The minimum Gasteiger partial charge on any atom is -0.508 e.